The van der Waals surface area contributed by atoms with E-state index in [0.29, 0.717) is 22.7 Å². The van der Waals surface area contributed by atoms with Crippen molar-refractivity contribution in [1.29, 1.82) is 0 Å². The molecule has 0 spiro atoms. The number of rotatable bonds is 5. The van der Waals surface area contributed by atoms with E-state index in [1.54, 1.807) is 0 Å². The Morgan fingerprint density at radius 3 is 2.55 bits per heavy atom. The van der Waals surface area contributed by atoms with Crippen LogP contribution >= 0.6 is 35.0 Å². The van der Waals surface area contributed by atoms with Gasteiger partial charge >= 0.3 is 0 Å². The van der Waals surface area contributed by atoms with Crippen LogP contribution in [0.2, 0.25) is 10.0 Å². The van der Waals surface area contributed by atoms with Crippen LogP contribution < -0.4 is 5.32 Å². The molecule has 0 radical (unpaired) electrons. The number of amides is 3. The molecule has 2 aromatic rings. The molecule has 2 aromatic carbocycles. The molecule has 1 heterocycles. The average molecular weight is 488 g/mol. The number of carbonyl (C=O) groups excluding carboxylic acids is 3. The predicted molar refractivity (Wildman–Crippen MR) is 111 cm³/mol. The minimum absolute atomic E-state index is 0.00641. The van der Waals surface area contributed by atoms with E-state index in [1.807, 2.05) is 0 Å². The lowest BCUT2D eigenvalue weighted by Crippen LogP contribution is -2.36. The number of nitrogens with one attached hydrogen (secondary N) is 1. The molecule has 13 heteroatoms. The molecule has 1 aliphatic heterocycles. The van der Waals surface area contributed by atoms with E-state index in [9.17, 15) is 33.3 Å². The zero-order valence-corrected chi connectivity index (χ0v) is 17.4. The molecule has 0 atom stereocenters. The summed E-state index contributed by atoms with van der Waals surface area (Å²) in [4.78, 5) is 47.6. The van der Waals surface area contributed by atoms with E-state index >= 15 is 0 Å². The lowest BCUT2D eigenvalue weighted by atomic mass is 10.2. The molecule has 1 aliphatic rings. The van der Waals surface area contributed by atoms with Crippen LogP contribution in [0.5, 0.6) is 0 Å². The van der Waals surface area contributed by atoms with Crippen LogP contribution in [0.1, 0.15) is 5.56 Å². The van der Waals surface area contributed by atoms with Crippen LogP contribution in [0.25, 0.3) is 6.08 Å². The van der Waals surface area contributed by atoms with Gasteiger partial charge in [-0.1, -0.05) is 23.2 Å². The highest BCUT2D eigenvalue weighted by Gasteiger charge is 2.36. The smallest absolute Gasteiger partial charge is 0.294 e. The van der Waals surface area contributed by atoms with Gasteiger partial charge in [0.05, 0.1) is 15.5 Å². The van der Waals surface area contributed by atoms with Crippen molar-refractivity contribution in [3.05, 3.63) is 72.6 Å². The molecule has 0 unspecified atom stereocenters. The SMILES string of the molecule is O=C(CN1C(=O)SC(=Cc2cc([N+](=O)[O-])c(Cl)cc2Cl)C1=O)Nc1ccc(F)cc1F. The van der Waals surface area contributed by atoms with Crippen molar-refractivity contribution < 1.29 is 28.1 Å². The largest absolute Gasteiger partial charge is 0.322 e. The van der Waals surface area contributed by atoms with E-state index in [2.05, 4.69) is 5.32 Å². The first-order chi connectivity index (χ1) is 14.6. The second-order valence-electron chi connectivity index (χ2n) is 6.02. The Balaban J connectivity index is 1.79. The predicted octanol–water partition coefficient (Wildman–Crippen LogP) is 4.85. The van der Waals surface area contributed by atoms with Gasteiger partial charge in [0.15, 0.2) is 0 Å². The maximum absolute atomic E-state index is 13.7. The third kappa shape index (κ3) is 5.01. The Morgan fingerprint density at radius 1 is 1.19 bits per heavy atom. The maximum atomic E-state index is 13.7. The Labute approximate surface area is 186 Å². The summed E-state index contributed by atoms with van der Waals surface area (Å²) >= 11 is 12.3. The molecule has 3 amide bonds. The third-order valence-electron chi connectivity index (χ3n) is 3.93. The Bertz CT molecular complexity index is 1180. The molecule has 1 N–H and O–H groups in total. The van der Waals surface area contributed by atoms with Crippen molar-refractivity contribution in [3.63, 3.8) is 0 Å². The first-order valence-electron chi connectivity index (χ1n) is 8.20. The molecule has 31 heavy (non-hydrogen) atoms. The monoisotopic (exact) mass is 487 g/mol. The van der Waals surface area contributed by atoms with Crippen LogP contribution in [-0.4, -0.2) is 33.4 Å². The minimum Gasteiger partial charge on any atom is -0.322 e. The molecule has 160 valence electrons. The fourth-order valence-electron chi connectivity index (χ4n) is 2.51. The summed E-state index contributed by atoms with van der Waals surface area (Å²) in [6.45, 7) is -0.729. The molecule has 0 aliphatic carbocycles. The van der Waals surface area contributed by atoms with E-state index in [1.165, 1.54) is 0 Å². The quantitative estimate of drug-likeness (QED) is 0.366. The zero-order chi connectivity index (χ0) is 22.9. The van der Waals surface area contributed by atoms with Crippen molar-refractivity contribution >= 4 is 69.5 Å². The van der Waals surface area contributed by atoms with E-state index in [0.717, 1.165) is 30.3 Å². The van der Waals surface area contributed by atoms with Crippen molar-refractivity contribution in [2.24, 2.45) is 0 Å². The highest BCUT2D eigenvalue weighted by molar-refractivity contribution is 8.18. The van der Waals surface area contributed by atoms with Crippen LogP contribution in [0, 0.1) is 21.7 Å². The fourth-order valence-corrected chi connectivity index (χ4v) is 3.84. The molecular formula is C18H9Cl2F2N3O5S. The average Bonchev–Trinajstić information content (AvgIpc) is 2.93. The molecule has 1 fully saturated rings. The highest BCUT2D eigenvalue weighted by atomic mass is 35.5. The van der Waals surface area contributed by atoms with E-state index < -0.39 is 45.8 Å². The number of nitrogens with zero attached hydrogens (tertiary/aromatic N) is 2. The van der Waals surface area contributed by atoms with Gasteiger partial charge in [0, 0.05) is 22.7 Å². The van der Waals surface area contributed by atoms with Crippen LogP contribution in [0.3, 0.4) is 0 Å². The van der Waals surface area contributed by atoms with Gasteiger partial charge in [-0.2, -0.15) is 0 Å². The van der Waals surface area contributed by atoms with Gasteiger partial charge in [0.1, 0.15) is 23.2 Å². The third-order valence-corrected chi connectivity index (χ3v) is 5.47. The number of nitro groups is 1. The van der Waals surface area contributed by atoms with Gasteiger partial charge in [0.25, 0.3) is 16.8 Å². The Hall–Kier alpha value is -3.02. The van der Waals surface area contributed by atoms with Crippen molar-refractivity contribution in [1.82, 2.24) is 4.90 Å². The number of anilines is 1. The first-order valence-corrected chi connectivity index (χ1v) is 9.77. The fraction of sp³-hybridized carbons (Fsp3) is 0.0556. The molecule has 8 nitrogen and oxygen atoms in total. The normalized spacial score (nSPS) is 15.0. The molecule has 0 aromatic heterocycles. The van der Waals surface area contributed by atoms with E-state index in [4.69, 9.17) is 23.2 Å². The summed E-state index contributed by atoms with van der Waals surface area (Å²) in [6.07, 6.45) is 1.16. The first kappa shape index (κ1) is 22.7. The maximum Gasteiger partial charge on any atom is 0.294 e. The number of nitro benzene ring substituents is 1. The Kier molecular flexibility index (Phi) is 6.58. The number of carbonyl (C=O) groups is 3. The van der Waals surface area contributed by atoms with Crippen LogP contribution in [-0.2, 0) is 9.59 Å². The summed E-state index contributed by atoms with van der Waals surface area (Å²) in [7, 11) is 0. The summed E-state index contributed by atoms with van der Waals surface area (Å²) < 4.78 is 26.6. The van der Waals surface area contributed by atoms with Crippen molar-refractivity contribution in [2.75, 3.05) is 11.9 Å². The van der Waals surface area contributed by atoms with Gasteiger partial charge < -0.3 is 5.32 Å². The topological polar surface area (TPSA) is 110 Å². The number of imide groups is 1. The minimum atomic E-state index is -1.03. The molecule has 3 rings (SSSR count). The molecular weight excluding hydrogens is 479 g/mol. The number of hydrogen-bond donors (Lipinski definition) is 1. The summed E-state index contributed by atoms with van der Waals surface area (Å²) in [6, 6.07) is 4.65. The summed E-state index contributed by atoms with van der Waals surface area (Å²) in [5.74, 6) is -3.61. The lowest BCUT2D eigenvalue weighted by molar-refractivity contribution is -0.384. The summed E-state index contributed by atoms with van der Waals surface area (Å²) in [5.41, 5.74) is -0.701. The highest BCUT2D eigenvalue weighted by Crippen LogP contribution is 2.36. The number of thioether (sulfide) groups is 1. The van der Waals surface area contributed by atoms with E-state index in [-0.39, 0.29) is 26.2 Å². The standard InChI is InChI=1S/C18H9Cl2F2N3O5S/c19-10-6-11(20)14(25(29)30)3-8(10)4-15-17(27)24(18(28)31-15)7-16(26)23-13-2-1-9(21)5-12(13)22/h1-6H,7H2,(H,23,26). The van der Waals surface area contributed by atoms with Gasteiger partial charge in [-0.25, -0.2) is 8.78 Å². The second-order valence-corrected chi connectivity index (χ2v) is 7.83. The van der Waals surface area contributed by atoms with Crippen LogP contribution in [0.4, 0.5) is 25.0 Å². The molecule has 1 saturated heterocycles. The van der Waals surface area contributed by atoms with Crippen LogP contribution in [0.15, 0.2) is 35.2 Å². The zero-order valence-electron chi connectivity index (χ0n) is 15.0. The van der Waals surface area contributed by atoms with Gasteiger partial charge in [-0.3, -0.25) is 29.4 Å². The molecule has 0 saturated carbocycles. The second kappa shape index (κ2) is 9.00. The number of halogens is 4. The molecule has 0 bridgehead atoms. The van der Waals surface area contributed by atoms with Gasteiger partial charge in [0.2, 0.25) is 5.91 Å². The Morgan fingerprint density at radius 2 is 1.90 bits per heavy atom. The lowest BCUT2D eigenvalue weighted by Gasteiger charge is -2.12. The number of benzene rings is 2. The van der Waals surface area contributed by atoms with Gasteiger partial charge in [-0.05, 0) is 36.0 Å². The summed E-state index contributed by atoms with van der Waals surface area (Å²) in [5, 5.41) is 12.2. The van der Waals surface area contributed by atoms with Crippen molar-refractivity contribution in [3.8, 4) is 0 Å². The van der Waals surface area contributed by atoms with Gasteiger partial charge in [-0.15, -0.1) is 0 Å². The number of hydrogen-bond acceptors (Lipinski definition) is 6. The van der Waals surface area contributed by atoms with Crippen molar-refractivity contribution in [2.45, 2.75) is 0 Å².